The van der Waals surface area contributed by atoms with Crippen LogP contribution in [0.2, 0.25) is 0 Å². The van der Waals surface area contributed by atoms with Gasteiger partial charge in [0.15, 0.2) is 0 Å². The number of anilines is 1. The van der Waals surface area contributed by atoms with Crippen LogP contribution >= 0.6 is 15.9 Å². The van der Waals surface area contributed by atoms with Crippen LogP contribution in [0.4, 0.5) is 5.69 Å². The van der Waals surface area contributed by atoms with Crippen molar-refractivity contribution in [2.45, 2.75) is 20.4 Å². The molecule has 0 aromatic heterocycles. The SMILES string of the molecule is CCOCCN(CC)c1ccc(Br)cc1CNCCOC. The molecule has 0 fully saturated rings. The third-order valence-corrected chi connectivity index (χ3v) is 3.77. The van der Waals surface area contributed by atoms with Crippen LogP contribution in [-0.2, 0) is 16.0 Å². The average molecular weight is 359 g/mol. The van der Waals surface area contributed by atoms with Crippen molar-refractivity contribution in [1.29, 1.82) is 0 Å². The van der Waals surface area contributed by atoms with Gasteiger partial charge in [0.1, 0.15) is 0 Å². The molecule has 1 N–H and O–H groups in total. The van der Waals surface area contributed by atoms with Crippen LogP contribution in [0.25, 0.3) is 0 Å². The minimum absolute atomic E-state index is 0.727. The van der Waals surface area contributed by atoms with Crippen LogP contribution < -0.4 is 10.2 Å². The van der Waals surface area contributed by atoms with E-state index in [1.165, 1.54) is 11.3 Å². The number of nitrogens with zero attached hydrogens (tertiary/aromatic N) is 1. The quantitative estimate of drug-likeness (QED) is 0.616. The molecule has 1 aromatic carbocycles. The van der Waals surface area contributed by atoms with Gasteiger partial charge < -0.3 is 19.7 Å². The third kappa shape index (κ3) is 6.78. The van der Waals surface area contributed by atoms with Gasteiger partial charge in [0.2, 0.25) is 0 Å². The van der Waals surface area contributed by atoms with E-state index in [9.17, 15) is 0 Å². The summed E-state index contributed by atoms with van der Waals surface area (Å²) in [6.45, 7) is 10.0. The molecule has 0 aliphatic heterocycles. The number of nitrogens with one attached hydrogen (secondary N) is 1. The Morgan fingerprint density at radius 1 is 1.24 bits per heavy atom. The van der Waals surface area contributed by atoms with Gasteiger partial charge in [0, 0.05) is 50.1 Å². The van der Waals surface area contributed by atoms with E-state index in [0.29, 0.717) is 0 Å². The van der Waals surface area contributed by atoms with Gasteiger partial charge in [-0.15, -0.1) is 0 Å². The maximum absolute atomic E-state index is 5.48. The molecule has 0 aliphatic rings. The standard InChI is InChI=1S/C16H27BrN2O2/c1-4-19(9-11-21-5-2)16-7-6-15(17)12-14(16)13-18-8-10-20-3/h6-7,12,18H,4-5,8-11,13H2,1-3H3. The van der Waals surface area contributed by atoms with Crippen molar-refractivity contribution >= 4 is 21.6 Å². The Bertz CT molecular complexity index is 402. The molecule has 0 aliphatic carbocycles. The van der Waals surface area contributed by atoms with E-state index in [4.69, 9.17) is 9.47 Å². The number of halogens is 1. The molecular formula is C16H27BrN2O2. The largest absolute Gasteiger partial charge is 0.383 e. The first-order valence-corrected chi connectivity index (χ1v) is 8.33. The Labute approximate surface area is 136 Å². The molecule has 0 unspecified atom stereocenters. The fraction of sp³-hybridized carbons (Fsp3) is 0.625. The van der Waals surface area contributed by atoms with E-state index < -0.39 is 0 Å². The topological polar surface area (TPSA) is 33.7 Å². The zero-order valence-corrected chi connectivity index (χ0v) is 14.9. The van der Waals surface area contributed by atoms with Gasteiger partial charge in [-0.25, -0.2) is 0 Å². The highest BCUT2D eigenvalue weighted by Crippen LogP contribution is 2.24. The molecule has 0 amide bonds. The van der Waals surface area contributed by atoms with Gasteiger partial charge in [-0.2, -0.15) is 0 Å². The number of hydrogen-bond acceptors (Lipinski definition) is 4. The molecule has 1 rings (SSSR count). The zero-order chi connectivity index (χ0) is 15.5. The molecule has 21 heavy (non-hydrogen) atoms. The average Bonchev–Trinajstić information content (AvgIpc) is 2.49. The van der Waals surface area contributed by atoms with Crippen LogP contribution in [0.1, 0.15) is 19.4 Å². The second-order valence-electron chi connectivity index (χ2n) is 4.72. The summed E-state index contributed by atoms with van der Waals surface area (Å²) in [5.74, 6) is 0. The Morgan fingerprint density at radius 3 is 2.71 bits per heavy atom. The minimum Gasteiger partial charge on any atom is -0.383 e. The zero-order valence-electron chi connectivity index (χ0n) is 13.3. The summed E-state index contributed by atoms with van der Waals surface area (Å²) in [7, 11) is 1.72. The molecule has 0 saturated heterocycles. The molecule has 4 nitrogen and oxygen atoms in total. The van der Waals surface area contributed by atoms with Crippen molar-refractivity contribution in [2.24, 2.45) is 0 Å². The minimum atomic E-state index is 0.727. The summed E-state index contributed by atoms with van der Waals surface area (Å²) in [6.07, 6.45) is 0. The van der Waals surface area contributed by atoms with Crippen LogP contribution in [0.15, 0.2) is 22.7 Å². The van der Waals surface area contributed by atoms with Crippen molar-refractivity contribution in [2.75, 3.05) is 51.5 Å². The van der Waals surface area contributed by atoms with E-state index >= 15 is 0 Å². The number of ether oxygens (including phenoxy) is 2. The number of rotatable bonds is 11. The first-order chi connectivity index (χ1) is 10.2. The molecule has 1 aromatic rings. The lowest BCUT2D eigenvalue weighted by Gasteiger charge is -2.26. The molecule has 0 atom stereocenters. The summed E-state index contributed by atoms with van der Waals surface area (Å²) >= 11 is 3.56. The maximum Gasteiger partial charge on any atom is 0.0641 e. The summed E-state index contributed by atoms with van der Waals surface area (Å²) in [4.78, 5) is 2.36. The molecule has 120 valence electrons. The van der Waals surface area contributed by atoms with E-state index in [2.05, 4.69) is 51.3 Å². The fourth-order valence-electron chi connectivity index (χ4n) is 2.17. The molecule has 0 saturated carbocycles. The number of methoxy groups -OCH3 is 1. The number of benzene rings is 1. The van der Waals surface area contributed by atoms with E-state index in [-0.39, 0.29) is 0 Å². The highest BCUT2D eigenvalue weighted by molar-refractivity contribution is 9.10. The highest BCUT2D eigenvalue weighted by atomic mass is 79.9. The lowest BCUT2D eigenvalue weighted by Crippen LogP contribution is -2.29. The fourth-order valence-corrected chi connectivity index (χ4v) is 2.58. The summed E-state index contributed by atoms with van der Waals surface area (Å²) < 4.78 is 11.7. The van der Waals surface area contributed by atoms with Gasteiger partial charge in [-0.1, -0.05) is 15.9 Å². The Balaban J connectivity index is 2.72. The van der Waals surface area contributed by atoms with Crippen molar-refractivity contribution in [3.05, 3.63) is 28.2 Å². The van der Waals surface area contributed by atoms with Crippen molar-refractivity contribution in [1.82, 2.24) is 5.32 Å². The van der Waals surface area contributed by atoms with Crippen LogP contribution in [0, 0.1) is 0 Å². The second-order valence-corrected chi connectivity index (χ2v) is 5.63. The van der Waals surface area contributed by atoms with Gasteiger partial charge >= 0.3 is 0 Å². The van der Waals surface area contributed by atoms with Crippen molar-refractivity contribution in [3.63, 3.8) is 0 Å². The Morgan fingerprint density at radius 2 is 2.05 bits per heavy atom. The van der Waals surface area contributed by atoms with Crippen molar-refractivity contribution < 1.29 is 9.47 Å². The monoisotopic (exact) mass is 358 g/mol. The van der Waals surface area contributed by atoms with Crippen molar-refractivity contribution in [3.8, 4) is 0 Å². The lowest BCUT2D eigenvalue weighted by molar-refractivity contribution is 0.154. The van der Waals surface area contributed by atoms with Gasteiger partial charge in [0.05, 0.1) is 13.2 Å². The molecule has 0 heterocycles. The third-order valence-electron chi connectivity index (χ3n) is 3.27. The number of likely N-dealkylation sites (N-methyl/N-ethyl adjacent to an activating group) is 1. The summed E-state index contributed by atoms with van der Waals surface area (Å²) in [5, 5.41) is 3.41. The van der Waals surface area contributed by atoms with Gasteiger partial charge in [0.25, 0.3) is 0 Å². The maximum atomic E-state index is 5.48. The first-order valence-electron chi connectivity index (χ1n) is 7.53. The van der Waals surface area contributed by atoms with E-state index in [0.717, 1.165) is 50.5 Å². The predicted octanol–water partition coefficient (Wildman–Crippen LogP) is 3.05. The Hall–Kier alpha value is -0.620. The van der Waals surface area contributed by atoms with Gasteiger partial charge in [-0.05, 0) is 37.6 Å². The summed E-state index contributed by atoms with van der Waals surface area (Å²) in [5.41, 5.74) is 2.56. The smallest absolute Gasteiger partial charge is 0.0641 e. The van der Waals surface area contributed by atoms with E-state index in [1.54, 1.807) is 7.11 Å². The normalized spacial score (nSPS) is 10.9. The van der Waals surface area contributed by atoms with Crippen LogP contribution in [0.5, 0.6) is 0 Å². The second kappa shape index (κ2) is 11.0. The molecular weight excluding hydrogens is 332 g/mol. The van der Waals surface area contributed by atoms with Crippen LogP contribution in [0.3, 0.4) is 0 Å². The molecule has 0 bridgehead atoms. The highest BCUT2D eigenvalue weighted by Gasteiger charge is 2.10. The van der Waals surface area contributed by atoms with E-state index in [1.807, 2.05) is 6.92 Å². The lowest BCUT2D eigenvalue weighted by atomic mass is 10.1. The van der Waals surface area contributed by atoms with Gasteiger partial charge in [-0.3, -0.25) is 0 Å². The molecule has 0 radical (unpaired) electrons. The number of hydrogen-bond donors (Lipinski definition) is 1. The molecule has 0 spiro atoms. The Kier molecular flexibility index (Phi) is 9.67. The van der Waals surface area contributed by atoms with Crippen LogP contribution in [-0.4, -0.2) is 46.6 Å². The first kappa shape index (κ1) is 18.4. The summed E-state index contributed by atoms with van der Waals surface area (Å²) in [6, 6.07) is 6.45. The molecule has 5 heteroatoms. The predicted molar refractivity (Wildman–Crippen MR) is 92.1 cm³/mol.